The average Bonchev–Trinajstić information content (AvgIpc) is 2.92. The van der Waals surface area contributed by atoms with Gasteiger partial charge in [-0.05, 0) is 44.1 Å². The van der Waals surface area contributed by atoms with Gasteiger partial charge >= 0.3 is 0 Å². The Bertz CT molecular complexity index is 689. The molecule has 6 nitrogen and oxygen atoms in total. The minimum Gasteiger partial charge on any atom is -0.391 e. The lowest BCUT2D eigenvalue weighted by Crippen LogP contribution is -2.48. The maximum atomic E-state index is 13.0. The third-order valence-corrected chi connectivity index (χ3v) is 6.70. The zero-order valence-electron chi connectivity index (χ0n) is 17.6. The van der Waals surface area contributed by atoms with Gasteiger partial charge in [-0.15, -0.1) is 0 Å². The Hall–Kier alpha value is -1.92. The lowest BCUT2D eigenvalue weighted by Gasteiger charge is -2.35. The van der Waals surface area contributed by atoms with Crippen LogP contribution in [0.15, 0.2) is 30.3 Å². The number of ether oxygens (including phenoxy) is 1. The van der Waals surface area contributed by atoms with Gasteiger partial charge in [0.25, 0.3) is 0 Å². The topological polar surface area (TPSA) is 78.9 Å². The van der Waals surface area contributed by atoms with Crippen LogP contribution in [-0.2, 0) is 19.7 Å². The predicted molar refractivity (Wildman–Crippen MR) is 111 cm³/mol. The highest BCUT2D eigenvalue weighted by Gasteiger charge is 2.40. The van der Waals surface area contributed by atoms with E-state index in [0.29, 0.717) is 26.0 Å². The molecule has 1 aliphatic heterocycles. The van der Waals surface area contributed by atoms with Crippen LogP contribution in [0.5, 0.6) is 0 Å². The first-order chi connectivity index (χ1) is 13.9. The Balaban J connectivity index is 1.77. The lowest BCUT2D eigenvalue weighted by atomic mass is 9.74. The second-order valence-electron chi connectivity index (χ2n) is 8.63. The summed E-state index contributed by atoms with van der Waals surface area (Å²) >= 11 is 0. The Morgan fingerprint density at radius 2 is 1.93 bits per heavy atom. The first kappa shape index (κ1) is 21.8. The number of amides is 2. The van der Waals surface area contributed by atoms with Gasteiger partial charge in [0.15, 0.2) is 0 Å². The summed E-state index contributed by atoms with van der Waals surface area (Å²) in [4.78, 5) is 26.4. The molecule has 2 fully saturated rings. The first-order valence-corrected chi connectivity index (χ1v) is 10.8. The molecule has 1 aromatic rings. The second-order valence-corrected chi connectivity index (χ2v) is 8.63. The van der Waals surface area contributed by atoms with Crippen LogP contribution in [0.4, 0.5) is 0 Å². The van der Waals surface area contributed by atoms with E-state index in [1.165, 1.54) is 12.5 Å². The largest absolute Gasteiger partial charge is 0.391 e. The maximum absolute atomic E-state index is 13.0. The van der Waals surface area contributed by atoms with Crippen LogP contribution < -0.4 is 5.32 Å². The number of benzene rings is 1. The van der Waals surface area contributed by atoms with Crippen molar-refractivity contribution in [3.8, 4) is 0 Å². The number of carbonyl (C=O) groups excluding carboxylic acids is 2. The first-order valence-electron chi connectivity index (χ1n) is 10.8. The summed E-state index contributed by atoms with van der Waals surface area (Å²) in [6.07, 6.45) is 4.05. The fraction of sp³-hybridized carbons (Fsp3) is 0.652. The van der Waals surface area contributed by atoms with E-state index in [1.807, 2.05) is 25.2 Å². The van der Waals surface area contributed by atoms with Crippen LogP contribution >= 0.6 is 0 Å². The molecule has 0 bridgehead atoms. The summed E-state index contributed by atoms with van der Waals surface area (Å²) in [5.41, 5.74) is 0.941. The molecule has 0 aromatic heterocycles. The molecule has 1 aliphatic carbocycles. The minimum atomic E-state index is -0.573. The zero-order valence-corrected chi connectivity index (χ0v) is 17.6. The van der Waals surface area contributed by atoms with Crippen LogP contribution in [0.1, 0.15) is 51.0 Å². The van der Waals surface area contributed by atoms with Gasteiger partial charge < -0.3 is 20.1 Å². The van der Waals surface area contributed by atoms with Crippen LogP contribution in [-0.4, -0.2) is 60.8 Å². The third kappa shape index (κ3) is 5.17. The quantitative estimate of drug-likeness (QED) is 0.741. The SMILES string of the molecule is CC(=O)NC[C@]1(c2ccccc2)CC[C@@H](O)[C@H](N(C)C(=O)C2CCCOC2)CC1. The summed E-state index contributed by atoms with van der Waals surface area (Å²) < 4.78 is 5.49. The van der Waals surface area contributed by atoms with Crippen molar-refractivity contribution in [2.45, 2.75) is 63.0 Å². The number of nitrogens with zero attached hydrogens (tertiary/aromatic N) is 1. The number of aliphatic hydroxyl groups excluding tert-OH is 1. The highest BCUT2D eigenvalue weighted by molar-refractivity contribution is 5.79. The van der Waals surface area contributed by atoms with Gasteiger partial charge in [-0.25, -0.2) is 0 Å². The van der Waals surface area contributed by atoms with Crippen molar-refractivity contribution in [1.29, 1.82) is 0 Å². The van der Waals surface area contributed by atoms with Crippen molar-refractivity contribution in [1.82, 2.24) is 10.2 Å². The Morgan fingerprint density at radius 1 is 1.21 bits per heavy atom. The number of aliphatic hydroxyl groups is 1. The zero-order chi connectivity index (χ0) is 20.9. The van der Waals surface area contributed by atoms with E-state index in [2.05, 4.69) is 17.4 Å². The Kier molecular flexibility index (Phi) is 7.30. The highest BCUT2D eigenvalue weighted by atomic mass is 16.5. The molecule has 0 spiro atoms. The van der Waals surface area contributed by atoms with E-state index in [9.17, 15) is 14.7 Å². The van der Waals surface area contributed by atoms with E-state index in [4.69, 9.17) is 4.74 Å². The standard InChI is InChI=1S/C23H34N2O4/c1-17(26)24-16-23(19-8-4-3-5-9-19)12-10-20(21(27)11-13-23)25(2)22(28)18-7-6-14-29-15-18/h3-5,8-9,18,20-21,27H,6-7,10-16H2,1-2H3,(H,24,26)/t18?,20-,21-,23-/m1/s1. The average molecular weight is 403 g/mol. The number of hydrogen-bond acceptors (Lipinski definition) is 4. The minimum absolute atomic E-state index is 0.0498. The molecule has 1 saturated carbocycles. The van der Waals surface area contributed by atoms with Crippen LogP contribution in [0.25, 0.3) is 0 Å². The van der Waals surface area contributed by atoms with Gasteiger partial charge in [-0.3, -0.25) is 9.59 Å². The van der Waals surface area contributed by atoms with Crippen molar-refractivity contribution >= 4 is 11.8 Å². The van der Waals surface area contributed by atoms with Crippen molar-refractivity contribution in [3.05, 3.63) is 35.9 Å². The van der Waals surface area contributed by atoms with Gasteiger partial charge in [-0.1, -0.05) is 30.3 Å². The maximum Gasteiger partial charge on any atom is 0.228 e. The number of carbonyl (C=O) groups is 2. The Labute approximate surface area is 173 Å². The summed E-state index contributed by atoms with van der Waals surface area (Å²) in [7, 11) is 1.81. The van der Waals surface area contributed by atoms with E-state index in [0.717, 1.165) is 32.3 Å². The van der Waals surface area contributed by atoms with E-state index in [-0.39, 0.29) is 29.2 Å². The summed E-state index contributed by atoms with van der Waals surface area (Å²) in [6.45, 7) is 3.27. The highest BCUT2D eigenvalue weighted by Crippen LogP contribution is 2.39. The van der Waals surface area contributed by atoms with Crippen LogP contribution in [0.3, 0.4) is 0 Å². The van der Waals surface area contributed by atoms with Gasteiger partial charge in [-0.2, -0.15) is 0 Å². The number of nitrogens with one attached hydrogen (secondary N) is 1. The molecule has 2 N–H and O–H groups in total. The second kappa shape index (κ2) is 9.72. The molecule has 4 atom stereocenters. The molecule has 0 radical (unpaired) electrons. The van der Waals surface area contributed by atoms with Crippen molar-refractivity contribution < 1.29 is 19.4 Å². The normalized spacial score (nSPS) is 30.2. The predicted octanol–water partition coefficient (Wildman–Crippen LogP) is 2.25. The van der Waals surface area contributed by atoms with E-state index in [1.54, 1.807) is 4.90 Å². The molecule has 1 aromatic carbocycles. The third-order valence-electron chi connectivity index (χ3n) is 6.70. The van der Waals surface area contributed by atoms with Gasteiger partial charge in [0.1, 0.15) is 0 Å². The summed E-state index contributed by atoms with van der Waals surface area (Å²) in [5, 5.41) is 13.9. The van der Waals surface area contributed by atoms with Crippen molar-refractivity contribution in [2.75, 3.05) is 26.8 Å². The number of likely N-dealkylation sites (N-methyl/N-ethyl adjacent to an activating group) is 1. The molecular weight excluding hydrogens is 368 g/mol. The summed E-state index contributed by atoms with van der Waals surface area (Å²) in [5.74, 6) is -0.0865. The van der Waals surface area contributed by atoms with E-state index < -0.39 is 6.10 Å². The molecular formula is C23H34N2O4. The van der Waals surface area contributed by atoms with Crippen molar-refractivity contribution in [3.63, 3.8) is 0 Å². The lowest BCUT2D eigenvalue weighted by molar-refractivity contribution is -0.143. The smallest absolute Gasteiger partial charge is 0.228 e. The van der Waals surface area contributed by atoms with Crippen molar-refractivity contribution in [2.24, 2.45) is 5.92 Å². The molecule has 1 unspecified atom stereocenters. The molecule has 6 heteroatoms. The molecule has 3 rings (SSSR count). The number of rotatable bonds is 5. The molecule has 2 amide bonds. The fourth-order valence-corrected chi connectivity index (χ4v) is 4.85. The molecule has 1 heterocycles. The van der Waals surface area contributed by atoms with Gasteiger partial charge in [0.2, 0.25) is 11.8 Å². The molecule has 1 saturated heterocycles. The Morgan fingerprint density at radius 3 is 2.59 bits per heavy atom. The van der Waals surface area contributed by atoms with Crippen LogP contribution in [0.2, 0.25) is 0 Å². The summed E-state index contributed by atoms with van der Waals surface area (Å²) in [6, 6.07) is 10.0. The van der Waals surface area contributed by atoms with Crippen LogP contribution in [0, 0.1) is 5.92 Å². The van der Waals surface area contributed by atoms with Gasteiger partial charge in [0.05, 0.1) is 24.7 Å². The molecule has 160 valence electrons. The molecule has 29 heavy (non-hydrogen) atoms. The van der Waals surface area contributed by atoms with Gasteiger partial charge in [0, 0.05) is 32.5 Å². The fourth-order valence-electron chi connectivity index (χ4n) is 4.85. The number of hydrogen-bond donors (Lipinski definition) is 2. The molecule has 2 aliphatic rings. The van der Waals surface area contributed by atoms with E-state index >= 15 is 0 Å². The monoisotopic (exact) mass is 402 g/mol.